The summed E-state index contributed by atoms with van der Waals surface area (Å²) in [7, 11) is 0. The van der Waals surface area contributed by atoms with Crippen molar-refractivity contribution in [3.8, 4) is 0 Å². The van der Waals surface area contributed by atoms with Crippen molar-refractivity contribution >= 4 is 17.2 Å². The number of carbonyl (C=O) groups excluding carboxylic acids is 1. The van der Waals surface area contributed by atoms with E-state index in [0.717, 1.165) is 30.8 Å². The Morgan fingerprint density at radius 1 is 1.73 bits per heavy atom. The molecule has 15 heavy (non-hydrogen) atoms. The third-order valence-corrected chi connectivity index (χ3v) is 3.88. The van der Waals surface area contributed by atoms with E-state index in [4.69, 9.17) is 0 Å². The molecule has 1 saturated heterocycles. The van der Waals surface area contributed by atoms with E-state index in [1.807, 2.05) is 10.3 Å². The molecule has 0 radical (unpaired) electrons. The standard InChI is InChI=1S/C11H16N2OS/c1-3-10-12-9(7-15-10)11(14)13-6-4-5-8(13)2/h7-8H,3-6H2,1-2H3/t8-/m0/s1. The molecule has 1 atom stereocenters. The summed E-state index contributed by atoms with van der Waals surface area (Å²) in [5.41, 5.74) is 0.630. The Bertz CT molecular complexity index is 361. The smallest absolute Gasteiger partial charge is 0.273 e. The van der Waals surface area contributed by atoms with Crippen LogP contribution in [0.2, 0.25) is 0 Å². The Morgan fingerprint density at radius 3 is 3.07 bits per heavy atom. The summed E-state index contributed by atoms with van der Waals surface area (Å²) in [6.45, 7) is 5.06. The summed E-state index contributed by atoms with van der Waals surface area (Å²) >= 11 is 1.58. The minimum atomic E-state index is 0.107. The number of rotatable bonds is 2. The van der Waals surface area contributed by atoms with Gasteiger partial charge < -0.3 is 4.90 Å². The fraction of sp³-hybridized carbons (Fsp3) is 0.636. The van der Waals surface area contributed by atoms with E-state index in [-0.39, 0.29) is 5.91 Å². The van der Waals surface area contributed by atoms with Crippen LogP contribution in [-0.4, -0.2) is 28.4 Å². The van der Waals surface area contributed by atoms with Crippen LogP contribution in [0.15, 0.2) is 5.38 Å². The van der Waals surface area contributed by atoms with E-state index in [2.05, 4.69) is 18.8 Å². The third-order valence-electron chi connectivity index (χ3n) is 2.89. The molecular formula is C11H16N2OS. The van der Waals surface area contributed by atoms with Gasteiger partial charge in [-0.1, -0.05) is 6.92 Å². The number of carbonyl (C=O) groups is 1. The third kappa shape index (κ3) is 2.04. The van der Waals surface area contributed by atoms with Crippen molar-refractivity contribution in [1.82, 2.24) is 9.88 Å². The number of likely N-dealkylation sites (tertiary alicyclic amines) is 1. The molecule has 0 saturated carbocycles. The molecule has 1 fully saturated rings. The van der Waals surface area contributed by atoms with Gasteiger partial charge in [0.15, 0.2) is 0 Å². The fourth-order valence-corrected chi connectivity index (χ4v) is 2.67. The lowest BCUT2D eigenvalue weighted by molar-refractivity contribution is 0.0742. The topological polar surface area (TPSA) is 33.2 Å². The second kappa shape index (κ2) is 4.31. The molecule has 1 aliphatic rings. The highest BCUT2D eigenvalue weighted by molar-refractivity contribution is 7.09. The zero-order valence-corrected chi connectivity index (χ0v) is 10.0. The number of nitrogens with zero attached hydrogens (tertiary/aromatic N) is 2. The summed E-state index contributed by atoms with van der Waals surface area (Å²) < 4.78 is 0. The number of amides is 1. The molecule has 0 N–H and O–H groups in total. The van der Waals surface area contributed by atoms with E-state index in [1.165, 1.54) is 0 Å². The fourth-order valence-electron chi connectivity index (χ4n) is 1.95. The van der Waals surface area contributed by atoms with Crippen LogP contribution in [0.5, 0.6) is 0 Å². The Kier molecular flexibility index (Phi) is 3.05. The van der Waals surface area contributed by atoms with Gasteiger partial charge in [0.25, 0.3) is 5.91 Å². The average molecular weight is 224 g/mol. The SMILES string of the molecule is CCc1nc(C(=O)N2CCC[C@@H]2C)cs1. The van der Waals surface area contributed by atoms with E-state index in [9.17, 15) is 4.79 Å². The van der Waals surface area contributed by atoms with E-state index in [1.54, 1.807) is 11.3 Å². The first-order valence-corrected chi connectivity index (χ1v) is 6.35. The van der Waals surface area contributed by atoms with Crippen LogP contribution in [0, 0.1) is 0 Å². The molecule has 0 spiro atoms. The summed E-state index contributed by atoms with van der Waals surface area (Å²) in [6.07, 6.45) is 3.15. The molecule has 3 nitrogen and oxygen atoms in total. The maximum atomic E-state index is 12.1. The zero-order valence-electron chi connectivity index (χ0n) is 9.19. The van der Waals surface area contributed by atoms with Gasteiger partial charge in [0, 0.05) is 18.0 Å². The number of hydrogen-bond donors (Lipinski definition) is 0. The molecule has 1 aliphatic heterocycles. The Labute approximate surface area is 94.1 Å². The van der Waals surface area contributed by atoms with Crippen LogP contribution < -0.4 is 0 Å². The van der Waals surface area contributed by atoms with E-state index in [0.29, 0.717) is 11.7 Å². The molecule has 2 heterocycles. The van der Waals surface area contributed by atoms with Gasteiger partial charge in [0.2, 0.25) is 0 Å². The molecule has 82 valence electrons. The van der Waals surface area contributed by atoms with E-state index < -0.39 is 0 Å². The molecule has 2 rings (SSSR count). The number of aromatic nitrogens is 1. The molecule has 4 heteroatoms. The predicted octanol–water partition coefficient (Wildman–Crippen LogP) is 2.33. The molecule has 1 amide bonds. The van der Waals surface area contributed by atoms with Crippen molar-refractivity contribution in [3.05, 3.63) is 16.1 Å². The first kappa shape index (κ1) is 10.6. The average Bonchev–Trinajstić information content (AvgIpc) is 2.84. The van der Waals surface area contributed by atoms with Crippen molar-refractivity contribution < 1.29 is 4.79 Å². The minimum Gasteiger partial charge on any atom is -0.335 e. The highest BCUT2D eigenvalue weighted by Gasteiger charge is 2.27. The second-order valence-corrected chi connectivity index (χ2v) is 4.91. The highest BCUT2D eigenvalue weighted by Crippen LogP contribution is 2.20. The van der Waals surface area contributed by atoms with Crippen LogP contribution in [0.1, 0.15) is 42.2 Å². The number of hydrogen-bond acceptors (Lipinski definition) is 3. The first-order valence-electron chi connectivity index (χ1n) is 5.47. The summed E-state index contributed by atoms with van der Waals surface area (Å²) in [5.74, 6) is 0.107. The van der Waals surface area contributed by atoms with Crippen molar-refractivity contribution in [2.75, 3.05) is 6.54 Å². The summed E-state index contributed by atoms with van der Waals surface area (Å²) in [4.78, 5) is 18.3. The first-order chi connectivity index (χ1) is 7.22. The molecule has 0 aromatic carbocycles. The highest BCUT2D eigenvalue weighted by atomic mass is 32.1. The molecular weight excluding hydrogens is 208 g/mol. The van der Waals surface area contributed by atoms with Crippen molar-refractivity contribution in [2.45, 2.75) is 39.2 Å². The second-order valence-electron chi connectivity index (χ2n) is 3.97. The van der Waals surface area contributed by atoms with Gasteiger partial charge in [0.05, 0.1) is 5.01 Å². The van der Waals surface area contributed by atoms with Gasteiger partial charge in [-0.3, -0.25) is 4.79 Å². The lowest BCUT2D eigenvalue weighted by Crippen LogP contribution is -2.33. The van der Waals surface area contributed by atoms with Crippen LogP contribution >= 0.6 is 11.3 Å². The maximum absolute atomic E-state index is 12.1. The van der Waals surface area contributed by atoms with Crippen LogP contribution in [0.4, 0.5) is 0 Å². The van der Waals surface area contributed by atoms with Crippen LogP contribution in [0.25, 0.3) is 0 Å². The summed E-state index contributed by atoms with van der Waals surface area (Å²) in [5, 5.41) is 2.93. The number of thiazole rings is 1. The quantitative estimate of drug-likeness (QED) is 0.772. The van der Waals surface area contributed by atoms with Gasteiger partial charge in [-0.2, -0.15) is 0 Å². The molecule has 0 unspecified atom stereocenters. The zero-order chi connectivity index (χ0) is 10.8. The Balaban J connectivity index is 2.13. The number of aryl methyl sites for hydroxylation is 1. The largest absolute Gasteiger partial charge is 0.335 e. The van der Waals surface area contributed by atoms with Crippen molar-refractivity contribution in [1.29, 1.82) is 0 Å². The monoisotopic (exact) mass is 224 g/mol. The van der Waals surface area contributed by atoms with Gasteiger partial charge in [-0.15, -0.1) is 11.3 Å². The van der Waals surface area contributed by atoms with Crippen LogP contribution in [0.3, 0.4) is 0 Å². The lowest BCUT2D eigenvalue weighted by Gasteiger charge is -2.19. The van der Waals surface area contributed by atoms with Crippen LogP contribution in [-0.2, 0) is 6.42 Å². The molecule has 0 aliphatic carbocycles. The normalized spacial score (nSPS) is 20.9. The lowest BCUT2D eigenvalue weighted by atomic mass is 10.2. The van der Waals surface area contributed by atoms with Gasteiger partial charge >= 0.3 is 0 Å². The van der Waals surface area contributed by atoms with Crippen molar-refractivity contribution in [3.63, 3.8) is 0 Å². The molecule has 1 aromatic rings. The Morgan fingerprint density at radius 2 is 2.53 bits per heavy atom. The van der Waals surface area contributed by atoms with E-state index >= 15 is 0 Å². The Hall–Kier alpha value is -0.900. The predicted molar refractivity (Wildman–Crippen MR) is 61.2 cm³/mol. The molecule has 0 bridgehead atoms. The minimum absolute atomic E-state index is 0.107. The van der Waals surface area contributed by atoms with Gasteiger partial charge in [-0.05, 0) is 26.2 Å². The van der Waals surface area contributed by atoms with Gasteiger partial charge in [-0.25, -0.2) is 4.98 Å². The van der Waals surface area contributed by atoms with Crippen molar-refractivity contribution in [2.24, 2.45) is 0 Å². The molecule has 1 aromatic heterocycles. The summed E-state index contributed by atoms with van der Waals surface area (Å²) in [6, 6.07) is 0.379. The van der Waals surface area contributed by atoms with Gasteiger partial charge in [0.1, 0.15) is 5.69 Å². The maximum Gasteiger partial charge on any atom is 0.273 e.